The second-order valence-electron chi connectivity index (χ2n) is 7.90. The largest absolute Gasteiger partial charge is 0.288 e. The minimum atomic E-state index is -0.229. The van der Waals surface area contributed by atoms with E-state index in [0.717, 1.165) is 50.6 Å². The maximum Gasteiger partial charge on any atom is 0.197 e. The summed E-state index contributed by atoms with van der Waals surface area (Å²) in [6.07, 6.45) is -0.229. The molecule has 3 heterocycles. The molecule has 0 radical (unpaired) electrons. The molecule has 31 heavy (non-hydrogen) atoms. The number of aryl methyl sites for hydroxylation is 3. The molecule has 0 aliphatic rings. The average molecular weight is 406 g/mol. The summed E-state index contributed by atoms with van der Waals surface area (Å²) in [5, 5.41) is 0. The van der Waals surface area contributed by atoms with Crippen molar-refractivity contribution in [1.29, 1.82) is 0 Å². The van der Waals surface area contributed by atoms with Gasteiger partial charge in [-0.25, -0.2) is 15.0 Å². The summed E-state index contributed by atoms with van der Waals surface area (Å²) >= 11 is 0. The first-order valence-electron chi connectivity index (χ1n) is 10.4. The fraction of sp³-hybridized carbons (Fsp3) is 0.160. The molecule has 3 aromatic carbocycles. The van der Waals surface area contributed by atoms with Gasteiger partial charge in [-0.05, 0) is 57.2 Å². The standard InChI is InChI=1S/C25H22N6/c1-16-26-19-10-4-7-13-22(19)29(16)25(30-17(2)27-20-11-5-8-14-23(20)30)31-18(3)28-21-12-6-9-15-24(21)31/h4-15,25H,1-3H3. The van der Waals surface area contributed by atoms with Crippen LogP contribution in [0.15, 0.2) is 72.8 Å². The highest BCUT2D eigenvalue weighted by Gasteiger charge is 2.27. The number of nitrogens with zero attached hydrogens (tertiary/aromatic N) is 6. The second-order valence-corrected chi connectivity index (χ2v) is 7.90. The van der Waals surface area contributed by atoms with Gasteiger partial charge < -0.3 is 0 Å². The van der Waals surface area contributed by atoms with Crippen molar-refractivity contribution in [3.8, 4) is 0 Å². The van der Waals surface area contributed by atoms with Crippen molar-refractivity contribution in [2.75, 3.05) is 0 Å². The van der Waals surface area contributed by atoms with Gasteiger partial charge in [0.1, 0.15) is 17.5 Å². The first-order valence-corrected chi connectivity index (χ1v) is 10.4. The maximum atomic E-state index is 4.87. The highest BCUT2D eigenvalue weighted by atomic mass is 15.4. The number of fused-ring (bicyclic) bond motifs is 3. The van der Waals surface area contributed by atoms with Crippen molar-refractivity contribution in [1.82, 2.24) is 28.7 Å². The molecule has 0 spiro atoms. The van der Waals surface area contributed by atoms with Crippen LogP contribution >= 0.6 is 0 Å². The van der Waals surface area contributed by atoms with E-state index < -0.39 is 0 Å². The summed E-state index contributed by atoms with van der Waals surface area (Å²) < 4.78 is 6.87. The number of hydrogen-bond donors (Lipinski definition) is 0. The number of imidazole rings is 3. The molecule has 0 atom stereocenters. The van der Waals surface area contributed by atoms with Crippen LogP contribution in [-0.4, -0.2) is 28.7 Å². The Morgan fingerprint density at radius 2 is 0.774 bits per heavy atom. The maximum absolute atomic E-state index is 4.87. The molecule has 6 nitrogen and oxygen atoms in total. The zero-order valence-electron chi connectivity index (χ0n) is 17.7. The molecular formula is C25H22N6. The highest BCUT2D eigenvalue weighted by molar-refractivity contribution is 5.80. The number of aromatic nitrogens is 6. The van der Waals surface area contributed by atoms with Crippen LogP contribution in [-0.2, 0) is 0 Å². The lowest BCUT2D eigenvalue weighted by Crippen LogP contribution is -2.28. The van der Waals surface area contributed by atoms with Gasteiger partial charge in [-0.2, -0.15) is 0 Å². The molecule has 0 amide bonds. The monoisotopic (exact) mass is 406 g/mol. The molecule has 0 saturated carbocycles. The van der Waals surface area contributed by atoms with Gasteiger partial charge in [0.05, 0.1) is 33.1 Å². The van der Waals surface area contributed by atoms with Crippen LogP contribution < -0.4 is 0 Å². The van der Waals surface area contributed by atoms with Crippen molar-refractivity contribution in [2.45, 2.75) is 27.1 Å². The molecule has 0 saturated heterocycles. The van der Waals surface area contributed by atoms with Crippen LogP contribution in [0.5, 0.6) is 0 Å². The van der Waals surface area contributed by atoms with E-state index in [1.165, 1.54) is 0 Å². The third-order valence-electron chi connectivity index (χ3n) is 6.01. The van der Waals surface area contributed by atoms with E-state index in [4.69, 9.17) is 15.0 Å². The van der Waals surface area contributed by atoms with E-state index in [2.05, 4.69) is 89.1 Å². The van der Waals surface area contributed by atoms with Crippen molar-refractivity contribution in [3.05, 3.63) is 90.3 Å². The Labute approximate surface area is 179 Å². The lowest BCUT2D eigenvalue weighted by atomic mass is 10.3. The Morgan fingerprint density at radius 3 is 1.10 bits per heavy atom. The minimum absolute atomic E-state index is 0.229. The van der Waals surface area contributed by atoms with E-state index in [1.54, 1.807) is 0 Å². The second kappa shape index (κ2) is 6.54. The van der Waals surface area contributed by atoms with Gasteiger partial charge in [0.2, 0.25) is 0 Å². The van der Waals surface area contributed by atoms with Crippen LogP contribution in [0.2, 0.25) is 0 Å². The van der Waals surface area contributed by atoms with Crippen LogP contribution in [0.1, 0.15) is 23.8 Å². The van der Waals surface area contributed by atoms with Crippen LogP contribution in [0, 0.1) is 20.8 Å². The number of rotatable bonds is 3. The normalized spacial score (nSPS) is 12.0. The molecule has 152 valence electrons. The van der Waals surface area contributed by atoms with E-state index in [-0.39, 0.29) is 6.29 Å². The lowest BCUT2D eigenvalue weighted by Gasteiger charge is -2.27. The third kappa shape index (κ3) is 2.54. The molecule has 6 aromatic rings. The number of hydrogen-bond acceptors (Lipinski definition) is 3. The van der Waals surface area contributed by atoms with Gasteiger partial charge >= 0.3 is 0 Å². The lowest BCUT2D eigenvalue weighted by molar-refractivity contribution is 0.375. The summed E-state index contributed by atoms with van der Waals surface area (Å²) in [5.41, 5.74) is 6.19. The Bertz CT molecular complexity index is 1390. The smallest absolute Gasteiger partial charge is 0.197 e. The molecule has 0 aliphatic carbocycles. The predicted octanol–water partition coefficient (Wildman–Crippen LogP) is 5.21. The molecule has 0 N–H and O–H groups in total. The van der Waals surface area contributed by atoms with Gasteiger partial charge in [-0.1, -0.05) is 36.4 Å². The molecule has 0 bridgehead atoms. The zero-order chi connectivity index (χ0) is 21.1. The van der Waals surface area contributed by atoms with Crippen molar-refractivity contribution >= 4 is 33.1 Å². The van der Waals surface area contributed by atoms with Gasteiger partial charge in [0.25, 0.3) is 0 Å². The summed E-state index contributed by atoms with van der Waals surface area (Å²) in [6.45, 7) is 6.20. The molecular weight excluding hydrogens is 384 g/mol. The first-order chi connectivity index (χ1) is 15.1. The SMILES string of the molecule is Cc1nc2ccccc2n1C(n1c(C)nc2ccccc21)n1c(C)nc2ccccc21. The van der Waals surface area contributed by atoms with E-state index in [0.29, 0.717) is 0 Å². The molecule has 0 aliphatic heterocycles. The average Bonchev–Trinajstić information content (AvgIpc) is 3.39. The van der Waals surface area contributed by atoms with Crippen molar-refractivity contribution in [2.24, 2.45) is 0 Å². The predicted molar refractivity (Wildman–Crippen MR) is 123 cm³/mol. The quantitative estimate of drug-likeness (QED) is 0.405. The van der Waals surface area contributed by atoms with Gasteiger partial charge in [0, 0.05) is 0 Å². The van der Waals surface area contributed by atoms with Crippen LogP contribution in [0.3, 0.4) is 0 Å². The van der Waals surface area contributed by atoms with Crippen molar-refractivity contribution in [3.63, 3.8) is 0 Å². The summed E-state index contributed by atoms with van der Waals surface area (Å²) in [5.74, 6) is 2.83. The van der Waals surface area contributed by atoms with Gasteiger partial charge in [-0.3, -0.25) is 13.7 Å². The van der Waals surface area contributed by atoms with Gasteiger partial charge in [-0.15, -0.1) is 0 Å². The summed E-state index contributed by atoms with van der Waals surface area (Å²) in [7, 11) is 0. The topological polar surface area (TPSA) is 53.5 Å². The van der Waals surface area contributed by atoms with E-state index in [9.17, 15) is 0 Å². The Morgan fingerprint density at radius 1 is 0.484 bits per heavy atom. The Balaban J connectivity index is 1.78. The van der Waals surface area contributed by atoms with E-state index in [1.807, 2.05) is 18.2 Å². The van der Waals surface area contributed by atoms with E-state index >= 15 is 0 Å². The third-order valence-corrected chi connectivity index (χ3v) is 6.01. The highest BCUT2D eigenvalue weighted by Crippen LogP contribution is 2.32. The molecule has 6 heteroatoms. The molecule has 3 aromatic heterocycles. The number of para-hydroxylation sites is 6. The Hall–Kier alpha value is -3.93. The fourth-order valence-electron chi connectivity index (χ4n) is 4.72. The van der Waals surface area contributed by atoms with Crippen LogP contribution in [0.25, 0.3) is 33.1 Å². The molecule has 0 unspecified atom stereocenters. The summed E-state index contributed by atoms with van der Waals surface area (Å²) in [6, 6.07) is 24.9. The zero-order valence-corrected chi connectivity index (χ0v) is 17.7. The fourth-order valence-corrected chi connectivity index (χ4v) is 4.72. The van der Waals surface area contributed by atoms with Gasteiger partial charge in [0.15, 0.2) is 6.29 Å². The summed E-state index contributed by atoms with van der Waals surface area (Å²) in [4.78, 5) is 14.6. The van der Waals surface area contributed by atoms with Crippen molar-refractivity contribution < 1.29 is 0 Å². The molecule has 0 fully saturated rings. The Kier molecular flexibility index (Phi) is 3.77. The van der Waals surface area contributed by atoms with Crippen LogP contribution in [0.4, 0.5) is 0 Å². The molecule has 6 rings (SSSR count). The minimum Gasteiger partial charge on any atom is -0.288 e. The first kappa shape index (κ1) is 17.9. The number of benzene rings is 3.